The minimum atomic E-state index is -0.836. The van der Waals surface area contributed by atoms with Crippen LogP contribution in [-0.2, 0) is 16.6 Å². The van der Waals surface area contributed by atoms with Gasteiger partial charge in [-0.3, -0.25) is 14.5 Å². The maximum absolute atomic E-state index is 13.6. The number of halogens is 1. The molecule has 6 nitrogen and oxygen atoms in total. The number of anilines is 1. The third-order valence-electron chi connectivity index (χ3n) is 6.90. The molecular formula is C30H27ClN2O4. The molecule has 1 N–H and O–H groups in total. The van der Waals surface area contributed by atoms with Gasteiger partial charge in [0.2, 0.25) is 0 Å². The Kier molecular flexibility index (Phi) is 6.30. The maximum Gasteiger partial charge on any atom is 0.300 e. The summed E-state index contributed by atoms with van der Waals surface area (Å²) in [6, 6.07) is 19.0. The first-order valence-electron chi connectivity index (χ1n) is 12.0. The van der Waals surface area contributed by atoms with E-state index in [9.17, 15) is 14.7 Å². The van der Waals surface area contributed by atoms with Crippen LogP contribution in [0.3, 0.4) is 0 Å². The van der Waals surface area contributed by atoms with E-state index < -0.39 is 17.7 Å². The molecule has 188 valence electrons. The number of carbonyl (C=O) groups is 2. The first-order chi connectivity index (χ1) is 17.7. The molecule has 1 unspecified atom stereocenters. The van der Waals surface area contributed by atoms with Gasteiger partial charge in [0.1, 0.15) is 11.5 Å². The van der Waals surface area contributed by atoms with Crippen LogP contribution in [0.1, 0.15) is 42.5 Å². The zero-order valence-electron chi connectivity index (χ0n) is 21.0. The van der Waals surface area contributed by atoms with Crippen LogP contribution in [-0.4, -0.2) is 28.5 Å². The van der Waals surface area contributed by atoms with Gasteiger partial charge in [-0.2, -0.15) is 0 Å². The summed E-state index contributed by atoms with van der Waals surface area (Å²) in [5.41, 5.74) is 3.58. The van der Waals surface area contributed by atoms with Crippen molar-refractivity contribution in [3.8, 4) is 5.75 Å². The Hall–Kier alpha value is -4.03. The third-order valence-corrected chi connectivity index (χ3v) is 7.15. The van der Waals surface area contributed by atoms with E-state index in [0.29, 0.717) is 22.0 Å². The summed E-state index contributed by atoms with van der Waals surface area (Å²) >= 11 is 6.11. The Morgan fingerprint density at radius 1 is 1.03 bits per heavy atom. The number of nitrogens with zero attached hydrogens (tertiary/aromatic N) is 2. The Bertz CT molecular complexity index is 1570. The number of aromatic nitrogens is 1. The number of amides is 1. The predicted octanol–water partition coefficient (Wildman–Crippen LogP) is 6.59. The summed E-state index contributed by atoms with van der Waals surface area (Å²) in [7, 11) is 3.51. The van der Waals surface area contributed by atoms with E-state index >= 15 is 0 Å². The minimum Gasteiger partial charge on any atom is -0.507 e. The molecule has 0 spiro atoms. The SMILES string of the molecule is COc1ccc(/C(O)=C2\C(=O)C(=O)N(c3ccc(Cl)cc3)C2c2cn(C)c3ccccc23)cc1C(C)C. The number of hydrogen-bond donors (Lipinski definition) is 1. The molecule has 7 heteroatoms. The number of hydrogen-bond acceptors (Lipinski definition) is 4. The van der Waals surface area contributed by atoms with Crippen molar-refractivity contribution < 1.29 is 19.4 Å². The number of Topliss-reactive ketones (excluding diaryl/α,β-unsaturated/α-hetero) is 1. The lowest BCUT2D eigenvalue weighted by molar-refractivity contribution is -0.132. The zero-order valence-corrected chi connectivity index (χ0v) is 21.8. The summed E-state index contributed by atoms with van der Waals surface area (Å²) in [6.07, 6.45) is 1.91. The molecule has 37 heavy (non-hydrogen) atoms. The first-order valence-corrected chi connectivity index (χ1v) is 12.4. The van der Waals surface area contributed by atoms with Crippen LogP contribution in [0.15, 0.2) is 78.5 Å². The highest BCUT2D eigenvalue weighted by atomic mass is 35.5. The van der Waals surface area contributed by atoms with Crippen molar-refractivity contribution >= 4 is 45.6 Å². The number of ether oxygens (including phenoxy) is 1. The van der Waals surface area contributed by atoms with Crippen molar-refractivity contribution in [3.63, 3.8) is 0 Å². The normalized spacial score (nSPS) is 17.2. The molecule has 0 aliphatic carbocycles. The number of fused-ring (bicyclic) bond motifs is 1. The van der Waals surface area contributed by atoms with E-state index in [2.05, 4.69) is 0 Å². The van der Waals surface area contributed by atoms with Gasteiger partial charge in [-0.05, 0) is 60.0 Å². The summed E-state index contributed by atoms with van der Waals surface area (Å²) in [5.74, 6) is -0.865. The number of rotatable bonds is 5. The zero-order chi connectivity index (χ0) is 26.4. The van der Waals surface area contributed by atoms with Crippen LogP contribution in [0.25, 0.3) is 16.7 Å². The van der Waals surface area contributed by atoms with Gasteiger partial charge >= 0.3 is 0 Å². The first kappa shape index (κ1) is 24.7. The van der Waals surface area contributed by atoms with Crippen LogP contribution in [0.4, 0.5) is 5.69 Å². The van der Waals surface area contributed by atoms with Gasteiger partial charge in [-0.1, -0.05) is 43.6 Å². The van der Waals surface area contributed by atoms with Crippen LogP contribution < -0.4 is 9.64 Å². The Labute approximate surface area is 220 Å². The summed E-state index contributed by atoms with van der Waals surface area (Å²) in [5, 5.41) is 13.0. The number of aryl methyl sites for hydroxylation is 1. The van der Waals surface area contributed by atoms with Crippen molar-refractivity contribution in [1.29, 1.82) is 0 Å². The van der Waals surface area contributed by atoms with Crippen LogP contribution in [0.5, 0.6) is 5.75 Å². The predicted molar refractivity (Wildman–Crippen MR) is 146 cm³/mol. The van der Waals surface area contributed by atoms with Crippen molar-refractivity contribution in [2.45, 2.75) is 25.8 Å². The Morgan fingerprint density at radius 3 is 2.41 bits per heavy atom. The molecule has 1 aliphatic rings. The molecule has 1 atom stereocenters. The molecule has 3 aromatic carbocycles. The van der Waals surface area contributed by atoms with Crippen LogP contribution in [0.2, 0.25) is 5.02 Å². The van der Waals surface area contributed by atoms with Crippen molar-refractivity contribution in [3.05, 3.63) is 100 Å². The third kappa shape index (κ3) is 4.07. The largest absolute Gasteiger partial charge is 0.507 e. The summed E-state index contributed by atoms with van der Waals surface area (Å²) in [4.78, 5) is 28.5. The monoisotopic (exact) mass is 514 g/mol. The van der Waals surface area contributed by atoms with E-state index in [1.54, 1.807) is 43.5 Å². The quantitative estimate of drug-likeness (QED) is 0.185. The lowest BCUT2D eigenvalue weighted by Gasteiger charge is -2.25. The minimum absolute atomic E-state index is 0.0381. The molecule has 2 heterocycles. The standard InChI is InChI=1S/C30H27ClN2O4/c1-17(2)22-15-18(9-14-25(22)37-4)28(34)26-27(23-16-32(3)24-8-6-5-7-21(23)24)33(30(36)29(26)35)20-12-10-19(31)11-13-20/h5-17,27,34H,1-4H3/b28-26+. The fourth-order valence-corrected chi connectivity index (χ4v) is 5.20. The maximum atomic E-state index is 13.6. The second-order valence-corrected chi connectivity index (χ2v) is 9.91. The highest BCUT2D eigenvalue weighted by Gasteiger charge is 2.48. The Balaban J connectivity index is 1.79. The van der Waals surface area contributed by atoms with E-state index in [4.69, 9.17) is 16.3 Å². The fourth-order valence-electron chi connectivity index (χ4n) is 5.07. The van der Waals surface area contributed by atoms with Crippen molar-refractivity contribution in [2.75, 3.05) is 12.0 Å². The van der Waals surface area contributed by atoms with Gasteiger partial charge < -0.3 is 14.4 Å². The fraction of sp³-hybridized carbons (Fsp3) is 0.200. The van der Waals surface area contributed by atoms with E-state index in [-0.39, 0.29) is 17.3 Å². The van der Waals surface area contributed by atoms with Crippen molar-refractivity contribution in [2.24, 2.45) is 7.05 Å². The van der Waals surface area contributed by atoms with Gasteiger partial charge in [0, 0.05) is 46.0 Å². The van der Waals surface area contributed by atoms with E-state index in [1.165, 1.54) is 4.90 Å². The second-order valence-electron chi connectivity index (χ2n) is 9.47. The molecule has 0 radical (unpaired) electrons. The molecule has 1 saturated heterocycles. The van der Waals surface area contributed by atoms with Gasteiger partial charge in [-0.15, -0.1) is 0 Å². The lowest BCUT2D eigenvalue weighted by atomic mass is 9.93. The van der Waals surface area contributed by atoms with Gasteiger partial charge in [0.05, 0.1) is 18.7 Å². The number of para-hydroxylation sites is 1. The second kappa shape index (κ2) is 9.45. The molecule has 1 fully saturated rings. The smallest absolute Gasteiger partial charge is 0.300 e. The van der Waals surface area contributed by atoms with E-state index in [1.807, 2.05) is 62.0 Å². The number of ketones is 1. The number of methoxy groups -OCH3 is 1. The average Bonchev–Trinajstić information content (AvgIpc) is 3.37. The number of aliphatic hydroxyl groups excluding tert-OH is 1. The molecule has 4 aromatic rings. The van der Waals surface area contributed by atoms with Crippen molar-refractivity contribution in [1.82, 2.24) is 4.57 Å². The highest BCUT2D eigenvalue weighted by molar-refractivity contribution is 6.52. The summed E-state index contributed by atoms with van der Waals surface area (Å²) in [6.45, 7) is 4.05. The molecule has 0 saturated carbocycles. The average molecular weight is 515 g/mol. The molecule has 1 aliphatic heterocycles. The number of benzene rings is 3. The Morgan fingerprint density at radius 2 is 1.73 bits per heavy atom. The molecule has 1 aromatic heterocycles. The lowest BCUT2D eigenvalue weighted by Crippen LogP contribution is -2.29. The van der Waals surface area contributed by atoms with Gasteiger partial charge in [0.25, 0.3) is 11.7 Å². The number of carbonyl (C=O) groups excluding carboxylic acids is 2. The van der Waals surface area contributed by atoms with E-state index in [0.717, 1.165) is 22.0 Å². The molecule has 0 bridgehead atoms. The van der Waals surface area contributed by atoms with Crippen LogP contribution in [0, 0.1) is 0 Å². The molecular weight excluding hydrogens is 488 g/mol. The number of aliphatic hydroxyl groups is 1. The van der Waals surface area contributed by atoms with Gasteiger partial charge in [-0.25, -0.2) is 0 Å². The van der Waals surface area contributed by atoms with Crippen LogP contribution >= 0.6 is 11.6 Å². The highest BCUT2D eigenvalue weighted by Crippen LogP contribution is 2.45. The molecule has 5 rings (SSSR count). The van der Waals surface area contributed by atoms with Gasteiger partial charge in [0.15, 0.2) is 0 Å². The molecule has 1 amide bonds. The summed E-state index contributed by atoms with van der Waals surface area (Å²) < 4.78 is 7.45. The topological polar surface area (TPSA) is 71.8 Å².